The number of hydrogen-bond acceptors (Lipinski definition) is 7. The molecule has 4 atom stereocenters. The van der Waals surface area contributed by atoms with Crippen LogP contribution in [0.15, 0.2) is 18.7 Å². The lowest BCUT2D eigenvalue weighted by Crippen LogP contribution is -2.54. The summed E-state index contributed by atoms with van der Waals surface area (Å²) < 4.78 is 64.6. The number of anilines is 2. The van der Waals surface area contributed by atoms with Gasteiger partial charge in [-0.1, -0.05) is 13.5 Å². The van der Waals surface area contributed by atoms with Crippen LogP contribution >= 0.6 is 0 Å². The van der Waals surface area contributed by atoms with Gasteiger partial charge in [0.2, 0.25) is 5.91 Å². The molecule has 43 heavy (non-hydrogen) atoms. The average molecular weight is 605 g/mol. The first-order valence-electron chi connectivity index (χ1n) is 14.9. The molecule has 5 rings (SSSR count). The van der Waals surface area contributed by atoms with Crippen LogP contribution in [-0.4, -0.2) is 77.6 Å². The molecule has 2 fully saturated rings. The van der Waals surface area contributed by atoms with E-state index in [1.54, 1.807) is 4.90 Å². The van der Waals surface area contributed by atoms with Gasteiger partial charge in [0, 0.05) is 42.8 Å². The Balaban J connectivity index is 1.56. The molecule has 0 unspecified atom stereocenters. The highest BCUT2D eigenvalue weighted by Gasteiger charge is 2.43. The number of fused-ring (bicyclic) bond motifs is 1. The Morgan fingerprint density at radius 3 is 2.58 bits per heavy atom. The van der Waals surface area contributed by atoms with E-state index in [4.69, 9.17) is 20.4 Å². The standard InChI is InChI=1S/C31H40F4N6O2/c1-6-25(42)40-10-11-41(19(4)15-40)29-22-12-17(2)21(26-27(31(33,34)35)18(3)13-23(36)28(26)32)14-24(22)37-30(38-29)43-16-20-8-7-9-39(20)5/h6,13,17,19-21H,1,7-12,14-16,36H2,2-5H3/t17-,19+,20+,21-/m1/s1. The number of benzene rings is 1. The van der Waals surface area contributed by atoms with Crippen LogP contribution in [0.4, 0.5) is 29.1 Å². The highest BCUT2D eigenvalue weighted by atomic mass is 19.4. The Labute approximate surface area is 249 Å². The maximum atomic E-state index is 15.5. The zero-order chi connectivity index (χ0) is 31.2. The fourth-order valence-corrected chi connectivity index (χ4v) is 6.97. The van der Waals surface area contributed by atoms with Gasteiger partial charge < -0.3 is 25.2 Å². The summed E-state index contributed by atoms with van der Waals surface area (Å²) in [6.45, 7) is 11.5. The van der Waals surface area contributed by atoms with Crippen molar-refractivity contribution in [1.29, 1.82) is 0 Å². The van der Waals surface area contributed by atoms with E-state index < -0.39 is 29.0 Å². The predicted octanol–water partition coefficient (Wildman–Crippen LogP) is 4.74. The topological polar surface area (TPSA) is 87.8 Å². The number of alkyl halides is 3. The van der Waals surface area contributed by atoms with Crippen LogP contribution < -0.4 is 15.4 Å². The van der Waals surface area contributed by atoms with E-state index in [9.17, 15) is 18.0 Å². The number of nitrogen functional groups attached to an aromatic ring is 1. The van der Waals surface area contributed by atoms with Crippen LogP contribution in [0.1, 0.15) is 60.6 Å². The number of halogens is 4. The van der Waals surface area contributed by atoms with E-state index in [2.05, 4.69) is 16.4 Å². The molecule has 0 spiro atoms. The summed E-state index contributed by atoms with van der Waals surface area (Å²) in [5.74, 6) is -1.67. The Morgan fingerprint density at radius 1 is 1.21 bits per heavy atom. The molecule has 2 saturated heterocycles. The van der Waals surface area contributed by atoms with Crippen molar-refractivity contribution < 1.29 is 27.1 Å². The summed E-state index contributed by atoms with van der Waals surface area (Å²) >= 11 is 0. The van der Waals surface area contributed by atoms with Gasteiger partial charge in [-0.25, -0.2) is 4.39 Å². The zero-order valence-electron chi connectivity index (χ0n) is 25.2. The van der Waals surface area contributed by atoms with Crippen LogP contribution in [-0.2, 0) is 23.8 Å². The third-order valence-electron chi connectivity index (χ3n) is 9.32. The molecule has 1 aliphatic carbocycles. The van der Waals surface area contributed by atoms with E-state index in [1.165, 1.54) is 13.0 Å². The fourth-order valence-electron chi connectivity index (χ4n) is 6.97. The minimum Gasteiger partial charge on any atom is -0.462 e. The van der Waals surface area contributed by atoms with Gasteiger partial charge in [0.05, 0.1) is 16.9 Å². The molecule has 0 radical (unpaired) electrons. The van der Waals surface area contributed by atoms with Gasteiger partial charge in [-0.15, -0.1) is 0 Å². The van der Waals surface area contributed by atoms with Crippen molar-refractivity contribution >= 4 is 17.4 Å². The van der Waals surface area contributed by atoms with E-state index in [0.29, 0.717) is 44.2 Å². The Bertz CT molecular complexity index is 1400. The van der Waals surface area contributed by atoms with Crippen molar-refractivity contribution in [2.45, 2.75) is 70.6 Å². The average Bonchev–Trinajstić information content (AvgIpc) is 3.36. The second-order valence-corrected chi connectivity index (χ2v) is 12.2. The summed E-state index contributed by atoms with van der Waals surface area (Å²) in [6, 6.07) is 1.32. The number of carbonyl (C=O) groups is 1. The number of rotatable bonds is 6. The normalized spacial score (nSPS) is 24.7. The molecule has 0 bridgehead atoms. The monoisotopic (exact) mass is 604 g/mol. The van der Waals surface area contributed by atoms with Gasteiger partial charge in [0.1, 0.15) is 18.2 Å². The molecule has 1 aromatic carbocycles. The quantitative estimate of drug-likeness (QED) is 0.290. The van der Waals surface area contributed by atoms with Crippen LogP contribution in [0.25, 0.3) is 0 Å². The number of nitrogens with zero attached hydrogens (tertiary/aromatic N) is 5. The van der Waals surface area contributed by atoms with Crippen LogP contribution in [0.3, 0.4) is 0 Å². The van der Waals surface area contributed by atoms with Gasteiger partial charge >= 0.3 is 12.2 Å². The lowest BCUT2D eigenvalue weighted by Gasteiger charge is -2.42. The first-order chi connectivity index (χ1) is 20.3. The van der Waals surface area contributed by atoms with Crippen molar-refractivity contribution in [2.75, 3.05) is 50.5 Å². The number of aromatic nitrogens is 2. The molecule has 234 valence electrons. The van der Waals surface area contributed by atoms with Crippen LogP contribution in [0.2, 0.25) is 0 Å². The lowest BCUT2D eigenvalue weighted by molar-refractivity contribution is -0.139. The number of ether oxygens (including phenoxy) is 1. The molecule has 1 aromatic heterocycles. The molecule has 12 heteroatoms. The second-order valence-electron chi connectivity index (χ2n) is 12.2. The number of piperazine rings is 1. The smallest absolute Gasteiger partial charge is 0.417 e. The summed E-state index contributed by atoms with van der Waals surface area (Å²) in [6.07, 6.45) is -0.960. The third-order valence-corrected chi connectivity index (χ3v) is 9.32. The predicted molar refractivity (Wildman–Crippen MR) is 157 cm³/mol. The molecular weight excluding hydrogens is 564 g/mol. The van der Waals surface area contributed by atoms with Crippen LogP contribution in [0.5, 0.6) is 6.01 Å². The van der Waals surface area contributed by atoms with Crippen molar-refractivity contribution in [3.05, 3.63) is 52.5 Å². The minimum atomic E-state index is -4.75. The largest absolute Gasteiger partial charge is 0.462 e. The highest BCUT2D eigenvalue weighted by molar-refractivity contribution is 5.87. The first kappa shape index (κ1) is 31.0. The van der Waals surface area contributed by atoms with E-state index >= 15 is 4.39 Å². The SMILES string of the molecule is C=CC(=O)N1CCN(c2nc(OC[C@@H]3CCCN3C)nc3c2C[C@@H](C)[C@H](c2c(F)c(N)cc(C)c2C(F)(F)F)C3)[C@@H](C)C1. The van der Waals surface area contributed by atoms with Crippen LogP contribution in [0, 0.1) is 18.7 Å². The maximum Gasteiger partial charge on any atom is 0.417 e. The number of likely N-dealkylation sites (N-methyl/N-ethyl adjacent to an activating group) is 1. The van der Waals surface area contributed by atoms with E-state index in [1.807, 2.05) is 20.9 Å². The number of hydrogen-bond donors (Lipinski definition) is 1. The summed E-state index contributed by atoms with van der Waals surface area (Å²) in [7, 11) is 2.04. The van der Waals surface area contributed by atoms with Gasteiger partial charge in [-0.3, -0.25) is 4.79 Å². The molecule has 2 aromatic rings. The molecule has 1 amide bonds. The fraction of sp³-hybridized carbons (Fsp3) is 0.581. The summed E-state index contributed by atoms with van der Waals surface area (Å²) in [5.41, 5.74) is 5.46. The Hall–Kier alpha value is -3.41. The molecular formula is C31H40F4N6O2. The Kier molecular flexibility index (Phi) is 8.61. The van der Waals surface area contributed by atoms with Gasteiger partial charge in [0.25, 0.3) is 0 Å². The Morgan fingerprint density at radius 2 is 1.95 bits per heavy atom. The maximum absolute atomic E-state index is 15.5. The second kappa shape index (κ2) is 11.9. The van der Waals surface area contributed by atoms with E-state index in [0.717, 1.165) is 31.0 Å². The number of likely N-dealkylation sites (tertiary alicyclic amines) is 1. The highest BCUT2D eigenvalue weighted by Crippen LogP contribution is 2.47. The summed E-state index contributed by atoms with van der Waals surface area (Å²) in [5, 5.41) is 0. The van der Waals surface area contributed by atoms with Crippen molar-refractivity contribution in [1.82, 2.24) is 19.8 Å². The molecule has 0 saturated carbocycles. The molecule has 2 aliphatic heterocycles. The lowest BCUT2D eigenvalue weighted by atomic mass is 9.73. The number of amides is 1. The van der Waals surface area contributed by atoms with Crippen molar-refractivity contribution in [3.63, 3.8) is 0 Å². The minimum absolute atomic E-state index is 0.0813. The zero-order valence-corrected chi connectivity index (χ0v) is 25.2. The number of nitrogens with two attached hydrogens (primary N) is 1. The van der Waals surface area contributed by atoms with Gasteiger partial charge in [0.15, 0.2) is 0 Å². The third kappa shape index (κ3) is 6.03. The van der Waals surface area contributed by atoms with Crippen molar-refractivity contribution in [2.24, 2.45) is 5.92 Å². The number of carbonyl (C=O) groups excluding carboxylic acids is 1. The molecule has 3 heterocycles. The molecule has 2 N–H and O–H groups in total. The van der Waals surface area contributed by atoms with Crippen molar-refractivity contribution in [3.8, 4) is 6.01 Å². The first-order valence-corrected chi connectivity index (χ1v) is 14.9. The summed E-state index contributed by atoms with van der Waals surface area (Å²) in [4.78, 5) is 27.9. The van der Waals surface area contributed by atoms with Gasteiger partial charge in [-0.2, -0.15) is 23.1 Å². The van der Waals surface area contributed by atoms with E-state index in [-0.39, 0.29) is 47.6 Å². The molecule has 8 nitrogen and oxygen atoms in total. The molecule has 3 aliphatic rings. The van der Waals surface area contributed by atoms with Gasteiger partial charge in [-0.05, 0) is 82.7 Å². The number of aryl methyl sites for hydroxylation is 1.